The average molecular weight is 470 g/mol. The molecule has 1 aliphatic carbocycles. The molecule has 0 amide bonds. The van der Waals surface area contributed by atoms with Crippen molar-refractivity contribution in [1.82, 2.24) is 19.9 Å². The van der Waals surface area contributed by atoms with Gasteiger partial charge in [0.25, 0.3) is 0 Å². The highest BCUT2D eigenvalue weighted by atomic mass is 35.5. The van der Waals surface area contributed by atoms with Gasteiger partial charge < -0.3 is 21.5 Å². The van der Waals surface area contributed by atoms with Gasteiger partial charge in [0.1, 0.15) is 15.7 Å². The van der Waals surface area contributed by atoms with E-state index in [0.717, 1.165) is 43.2 Å². The lowest BCUT2D eigenvalue weighted by atomic mass is 9.73. The summed E-state index contributed by atoms with van der Waals surface area (Å²) in [5.41, 5.74) is 15.4. The third kappa shape index (κ3) is 3.90. The second kappa shape index (κ2) is 8.47. The van der Waals surface area contributed by atoms with E-state index in [-0.39, 0.29) is 24.0 Å². The van der Waals surface area contributed by atoms with Crippen molar-refractivity contribution >= 4 is 35.1 Å². The minimum absolute atomic E-state index is 0.0133. The molecule has 1 spiro atoms. The standard InChI is InChI=1S/C22H24ClN7OS/c23-14-1-2-15-13(9-14)10-22(19(15)24)4-7-30(8-5-22)20-16(12-31)28-18(11-27-20)32-17-3-6-26-21(25)29-17/h1-3,6,9,11,19,31H,4-5,7-8,10,12,24H2,(H2,25,26,29)/t19-/m1/s1. The van der Waals surface area contributed by atoms with Gasteiger partial charge in [-0.05, 0) is 65.8 Å². The quantitative estimate of drug-likeness (QED) is 0.494. The van der Waals surface area contributed by atoms with Crippen LogP contribution in [0.4, 0.5) is 11.8 Å². The Balaban J connectivity index is 1.31. The summed E-state index contributed by atoms with van der Waals surface area (Å²) in [6.07, 6.45) is 6.16. The van der Waals surface area contributed by atoms with Crippen molar-refractivity contribution in [2.24, 2.45) is 11.1 Å². The monoisotopic (exact) mass is 469 g/mol. The van der Waals surface area contributed by atoms with E-state index in [1.807, 2.05) is 6.07 Å². The highest BCUT2D eigenvalue weighted by molar-refractivity contribution is 7.99. The summed E-state index contributed by atoms with van der Waals surface area (Å²) in [4.78, 5) is 19.5. The lowest BCUT2D eigenvalue weighted by Gasteiger charge is -2.42. The van der Waals surface area contributed by atoms with Crippen LogP contribution in [-0.2, 0) is 13.0 Å². The molecule has 10 heteroatoms. The van der Waals surface area contributed by atoms with Gasteiger partial charge in [0.2, 0.25) is 5.95 Å². The number of nitrogens with zero attached hydrogens (tertiary/aromatic N) is 5. The van der Waals surface area contributed by atoms with Gasteiger partial charge in [-0.2, -0.15) is 0 Å². The van der Waals surface area contributed by atoms with E-state index in [0.29, 0.717) is 15.7 Å². The largest absolute Gasteiger partial charge is 0.390 e. The minimum atomic E-state index is -0.187. The molecular weight excluding hydrogens is 446 g/mol. The highest BCUT2D eigenvalue weighted by Crippen LogP contribution is 2.51. The summed E-state index contributed by atoms with van der Waals surface area (Å²) in [5.74, 6) is 0.930. The third-order valence-electron chi connectivity index (χ3n) is 6.51. The summed E-state index contributed by atoms with van der Waals surface area (Å²) in [7, 11) is 0. The maximum atomic E-state index is 9.96. The number of nitrogen functional groups attached to an aromatic ring is 1. The number of benzene rings is 1. The van der Waals surface area contributed by atoms with Crippen LogP contribution >= 0.6 is 23.4 Å². The number of anilines is 2. The van der Waals surface area contributed by atoms with Crippen molar-refractivity contribution in [2.45, 2.75) is 42.0 Å². The Morgan fingerprint density at radius 2 is 1.97 bits per heavy atom. The van der Waals surface area contributed by atoms with Crippen LogP contribution in [0.2, 0.25) is 5.02 Å². The third-order valence-corrected chi connectivity index (χ3v) is 7.59. The number of nitrogens with two attached hydrogens (primary N) is 2. The van der Waals surface area contributed by atoms with Crippen molar-refractivity contribution in [1.29, 1.82) is 0 Å². The smallest absolute Gasteiger partial charge is 0.221 e. The van der Waals surface area contributed by atoms with E-state index in [1.54, 1.807) is 18.5 Å². The van der Waals surface area contributed by atoms with E-state index in [9.17, 15) is 5.11 Å². The zero-order valence-corrected chi connectivity index (χ0v) is 19.0. The van der Waals surface area contributed by atoms with Gasteiger partial charge in [-0.3, -0.25) is 0 Å². The van der Waals surface area contributed by atoms with Gasteiger partial charge in [-0.25, -0.2) is 19.9 Å². The molecular formula is C22H24ClN7OS. The number of aromatic nitrogens is 4. The molecule has 0 saturated carbocycles. The average Bonchev–Trinajstić information content (AvgIpc) is 3.04. The number of piperidine rings is 1. The first-order valence-corrected chi connectivity index (χ1v) is 11.7. The molecule has 0 bridgehead atoms. The van der Waals surface area contributed by atoms with Gasteiger partial charge in [0, 0.05) is 30.4 Å². The summed E-state index contributed by atoms with van der Waals surface area (Å²) in [6, 6.07) is 7.82. The molecule has 1 aliphatic heterocycles. The molecule has 1 saturated heterocycles. The molecule has 2 aliphatic rings. The fraction of sp³-hybridized carbons (Fsp3) is 0.364. The molecule has 5 rings (SSSR count). The number of hydrogen-bond acceptors (Lipinski definition) is 9. The van der Waals surface area contributed by atoms with Gasteiger partial charge >= 0.3 is 0 Å². The number of aliphatic hydroxyl groups excluding tert-OH is 1. The van der Waals surface area contributed by atoms with Gasteiger partial charge in [-0.15, -0.1) is 0 Å². The first kappa shape index (κ1) is 21.4. The molecule has 2 aromatic heterocycles. The van der Waals surface area contributed by atoms with E-state index in [1.165, 1.54) is 22.9 Å². The maximum absolute atomic E-state index is 9.96. The van der Waals surface area contributed by atoms with Crippen LogP contribution in [0.3, 0.4) is 0 Å². The minimum Gasteiger partial charge on any atom is -0.390 e. The highest BCUT2D eigenvalue weighted by Gasteiger charge is 2.46. The summed E-state index contributed by atoms with van der Waals surface area (Å²) in [6.45, 7) is 1.44. The Kier molecular flexibility index (Phi) is 5.66. The van der Waals surface area contributed by atoms with Crippen LogP contribution in [0.15, 0.2) is 46.7 Å². The molecule has 1 aromatic carbocycles. The maximum Gasteiger partial charge on any atom is 0.221 e. The van der Waals surface area contributed by atoms with Crippen molar-refractivity contribution in [3.63, 3.8) is 0 Å². The number of fused-ring (bicyclic) bond motifs is 1. The number of aliphatic hydroxyl groups is 1. The molecule has 1 atom stereocenters. The molecule has 1 fully saturated rings. The fourth-order valence-corrected chi connectivity index (χ4v) is 5.78. The molecule has 0 radical (unpaired) electrons. The predicted octanol–water partition coefficient (Wildman–Crippen LogP) is 2.99. The van der Waals surface area contributed by atoms with E-state index >= 15 is 0 Å². The molecule has 3 heterocycles. The summed E-state index contributed by atoms with van der Waals surface area (Å²) >= 11 is 7.54. The zero-order valence-electron chi connectivity index (χ0n) is 17.4. The van der Waals surface area contributed by atoms with Crippen LogP contribution in [0.5, 0.6) is 0 Å². The van der Waals surface area contributed by atoms with Crippen molar-refractivity contribution < 1.29 is 5.11 Å². The van der Waals surface area contributed by atoms with Crippen molar-refractivity contribution in [2.75, 3.05) is 23.7 Å². The van der Waals surface area contributed by atoms with Crippen LogP contribution in [0.25, 0.3) is 0 Å². The predicted molar refractivity (Wildman–Crippen MR) is 124 cm³/mol. The van der Waals surface area contributed by atoms with Gasteiger partial charge in [0.05, 0.1) is 12.8 Å². The molecule has 8 nitrogen and oxygen atoms in total. The summed E-state index contributed by atoms with van der Waals surface area (Å²) in [5, 5.41) is 12.0. The second-order valence-electron chi connectivity index (χ2n) is 8.34. The van der Waals surface area contributed by atoms with E-state index < -0.39 is 0 Å². The topological polar surface area (TPSA) is 127 Å². The Morgan fingerprint density at radius 3 is 2.72 bits per heavy atom. The number of rotatable bonds is 4. The normalized spacial score (nSPS) is 19.3. The lowest BCUT2D eigenvalue weighted by molar-refractivity contribution is 0.186. The Labute approximate surface area is 195 Å². The van der Waals surface area contributed by atoms with Crippen LogP contribution < -0.4 is 16.4 Å². The van der Waals surface area contributed by atoms with E-state index in [2.05, 4.69) is 37.0 Å². The zero-order chi connectivity index (χ0) is 22.3. The Hall–Kier alpha value is -2.46. The molecule has 32 heavy (non-hydrogen) atoms. The molecule has 166 valence electrons. The number of halogens is 1. The Bertz CT molecular complexity index is 1150. The molecule has 5 N–H and O–H groups in total. The van der Waals surface area contributed by atoms with Crippen molar-refractivity contribution in [3.8, 4) is 0 Å². The van der Waals surface area contributed by atoms with Gasteiger partial charge in [0.15, 0.2) is 5.82 Å². The first-order chi connectivity index (χ1) is 15.5. The van der Waals surface area contributed by atoms with Gasteiger partial charge in [-0.1, -0.05) is 17.7 Å². The number of hydrogen-bond donors (Lipinski definition) is 3. The second-order valence-corrected chi connectivity index (χ2v) is 9.82. The lowest BCUT2D eigenvalue weighted by Crippen LogP contribution is -2.45. The van der Waals surface area contributed by atoms with Crippen LogP contribution in [-0.4, -0.2) is 38.1 Å². The van der Waals surface area contributed by atoms with Crippen LogP contribution in [0.1, 0.15) is 35.7 Å². The van der Waals surface area contributed by atoms with E-state index in [4.69, 9.17) is 23.1 Å². The molecule has 3 aromatic rings. The summed E-state index contributed by atoms with van der Waals surface area (Å²) < 4.78 is 0. The first-order valence-electron chi connectivity index (χ1n) is 10.5. The Morgan fingerprint density at radius 1 is 1.16 bits per heavy atom. The molecule has 0 unspecified atom stereocenters. The van der Waals surface area contributed by atoms with Crippen molar-refractivity contribution in [3.05, 3.63) is 58.5 Å². The fourth-order valence-electron chi connectivity index (χ4n) is 4.84. The SMILES string of the molecule is Nc1nccc(Sc2cnc(N3CCC4(CC3)Cc3cc(Cl)ccc3[C@H]4N)c(CO)n2)n1. The van der Waals surface area contributed by atoms with Crippen LogP contribution in [0, 0.1) is 5.41 Å².